The Labute approximate surface area is 227 Å². The minimum Gasteiger partial charge on any atom is -0.447 e. The molecule has 1 aromatic rings. The van der Waals surface area contributed by atoms with Gasteiger partial charge < -0.3 is 25.0 Å². The maximum Gasteiger partial charge on any atom is 0.475 e. The van der Waals surface area contributed by atoms with Crippen LogP contribution in [0.5, 0.6) is 0 Å². The van der Waals surface area contributed by atoms with E-state index < -0.39 is 49.1 Å². The summed E-state index contributed by atoms with van der Waals surface area (Å²) in [6.07, 6.45) is 2.04. The van der Waals surface area contributed by atoms with Crippen molar-refractivity contribution in [2.45, 2.75) is 63.0 Å². The number of alkyl halides is 2. The fourth-order valence-electron chi connectivity index (χ4n) is 5.60. The van der Waals surface area contributed by atoms with E-state index in [1.54, 1.807) is 18.7 Å². The van der Waals surface area contributed by atoms with E-state index in [1.807, 2.05) is 36.4 Å². The topological polar surface area (TPSA) is 126 Å². The number of likely N-dealkylation sites (tertiary alicyclic amines) is 2. The lowest BCUT2D eigenvalue weighted by Gasteiger charge is -2.33. The smallest absolute Gasteiger partial charge is 0.447 e. The number of rotatable bonds is 10. The number of nitrogens with one attached hydrogen (secondary N) is 1. The van der Waals surface area contributed by atoms with Crippen LogP contribution in [0.1, 0.15) is 38.7 Å². The number of nitrogens with zero attached hydrogens (tertiary/aromatic N) is 3. The van der Waals surface area contributed by atoms with Crippen molar-refractivity contribution in [2.24, 2.45) is 11.8 Å². The molecule has 3 aliphatic rings. The molecule has 210 valence electrons. The number of alkyl carbamates (subject to hydrolysis) is 1. The maximum atomic E-state index is 13.8. The van der Waals surface area contributed by atoms with Gasteiger partial charge in [-0.1, -0.05) is 30.3 Å². The lowest BCUT2D eigenvalue weighted by molar-refractivity contribution is -0.129. The van der Waals surface area contributed by atoms with E-state index in [9.17, 15) is 33.7 Å². The zero-order valence-corrected chi connectivity index (χ0v) is 22.2. The molecule has 3 N–H and O–H groups in total. The van der Waals surface area contributed by atoms with Gasteiger partial charge >= 0.3 is 13.2 Å². The maximum absolute atomic E-state index is 13.8. The molecule has 4 rings (SSSR count). The molecule has 2 heterocycles. The average molecular weight is 544 g/mol. The van der Waals surface area contributed by atoms with Crippen LogP contribution in [0.3, 0.4) is 0 Å². The van der Waals surface area contributed by atoms with Gasteiger partial charge in [0.2, 0.25) is 0 Å². The molecule has 9 nitrogen and oxygen atoms in total. The molecule has 3 fully saturated rings. The number of aryl methyl sites for hydroxylation is 1. The van der Waals surface area contributed by atoms with Crippen molar-refractivity contribution in [1.29, 1.82) is 5.26 Å². The number of benzene rings is 1. The van der Waals surface area contributed by atoms with E-state index in [0.717, 1.165) is 12.0 Å². The van der Waals surface area contributed by atoms with Crippen LogP contribution >= 0.6 is 0 Å². The Kier molecular flexibility index (Phi) is 8.64. The number of carbonyl (C=O) groups is 2. The molecule has 0 bridgehead atoms. The number of fused-ring (bicyclic) bond motifs is 1. The predicted octanol–water partition coefficient (Wildman–Crippen LogP) is 2.14. The summed E-state index contributed by atoms with van der Waals surface area (Å²) in [5, 5.41) is 31.7. The van der Waals surface area contributed by atoms with Crippen LogP contribution < -0.4 is 5.32 Å². The van der Waals surface area contributed by atoms with E-state index >= 15 is 0 Å². The first-order valence-corrected chi connectivity index (χ1v) is 13.3. The van der Waals surface area contributed by atoms with Crippen molar-refractivity contribution in [3.8, 4) is 6.07 Å². The first-order valence-electron chi connectivity index (χ1n) is 13.3. The van der Waals surface area contributed by atoms with E-state index in [0.29, 0.717) is 13.0 Å². The first-order chi connectivity index (χ1) is 18.4. The molecule has 1 aromatic carbocycles. The highest BCUT2D eigenvalue weighted by Crippen LogP contribution is 2.50. The van der Waals surface area contributed by atoms with Gasteiger partial charge in [0.15, 0.2) is 0 Å². The molecule has 2 aliphatic heterocycles. The van der Waals surface area contributed by atoms with Crippen LogP contribution in [0.2, 0.25) is 0 Å². The van der Waals surface area contributed by atoms with Crippen LogP contribution in [0.15, 0.2) is 42.0 Å². The number of amides is 2. The normalized spacial score (nSPS) is 25.0. The Hall–Kier alpha value is -3.01. The number of piperidine rings is 1. The monoisotopic (exact) mass is 544 g/mol. The summed E-state index contributed by atoms with van der Waals surface area (Å²) in [5.41, 5.74) is -0.0637. The second kappa shape index (κ2) is 11.6. The van der Waals surface area contributed by atoms with Gasteiger partial charge in [0.05, 0.1) is 18.5 Å². The highest BCUT2D eigenvalue weighted by Gasteiger charge is 2.55. The third-order valence-corrected chi connectivity index (χ3v) is 8.03. The van der Waals surface area contributed by atoms with E-state index in [4.69, 9.17) is 4.74 Å². The van der Waals surface area contributed by atoms with E-state index in [1.165, 1.54) is 11.0 Å². The lowest BCUT2D eigenvalue weighted by Crippen LogP contribution is -2.48. The zero-order chi connectivity index (χ0) is 28.4. The number of carbonyl (C=O) groups excluding carboxylic acids is 2. The number of ether oxygens (including phenoxy) is 1. The van der Waals surface area contributed by atoms with Gasteiger partial charge in [-0.3, -0.25) is 9.69 Å². The summed E-state index contributed by atoms with van der Waals surface area (Å²) in [6.45, 7) is 3.46. The Bertz CT molecular complexity index is 1130. The number of halogens is 2. The van der Waals surface area contributed by atoms with Crippen molar-refractivity contribution >= 4 is 19.1 Å². The second-order valence-corrected chi connectivity index (χ2v) is 11.3. The van der Waals surface area contributed by atoms with E-state index in [2.05, 4.69) is 5.32 Å². The summed E-state index contributed by atoms with van der Waals surface area (Å²) in [6, 6.07) is 11.0. The van der Waals surface area contributed by atoms with Crippen LogP contribution in [0.25, 0.3) is 0 Å². The SMILES string of the molecule is CC(C)(/C=C(\C#N)C(=O)N1C[C@@H]2C[C@@H]2[C@@H]1COC(=O)N[C@@H](CCc1ccccc1)B(O)O)N1CCC(F)(F)C1. The highest BCUT2D eigenvalue weighted by atomic mass is 19.3. The van der Waals surface area contributed by atoms with Crippen LogP contribution in [-0.4, -0.2) is 88.7 Å². The fraction of sp³-hybridized carbons (Fsp3) is 0.593. The lowest BCUT2D eigenvalue weighted by atomic mass is 9.76. The minimum absolute atomic E-state index is 0.105. The molecule has 0 radical (unpaired) electrons. The fourth-order valence-corrected chi connectivity index (χ4v) is 5.60. The van der Waals surface area contributed by atoms with Gasteiger partial charge in [0, 0.05) is 25.0 Å². The molecule has 0 spiro atoms. The predicted molar refractivity (Wildman–Crippen MR) is 139 cm³/mol. The van der Waals surface area contributed by atoms with Gasteiger partial charge in [0.25, 0.3) is 11.8 Å². The summed E-state index contributed by atoms with van der Waals surface area (Å²) < 4.78 is 32.9. The summed E-state index contributed by atoms with van der Waals surface area (Å²) in [4.78, 5) is 29.0. The Morgan fingerprint density at radius 1 is 1.33 bits per heavy atom. The second-order valence-electron chi connectivity index (χ2n) is 11.3. The largest absolute Gasteiger partial charge is 0.475 e. The van der Waals surface area contributed by atoms with Gasteiger partial charge in [-0.2, -0.15) is 5.26 Å². The number of hydrogen-bond donors (Lipinski definition) is 3. The Morgan fingerprint density at radius 3 is 2.67 bits per heavy atom. The highest BCUT2D eigenvalue weighted by molar-refractivity contribution is 6.43. The summed E-state index contributed by atoms with van der Waals surface area (Å²) in [5.74, 6) is -3.85. The van der Waals surface area contributed by atoms with Crippen LogP contribution in [0, 0.1) is 23.2 Å². The molecular formula is C27H35BF2N4O5. The average Bonchev–Trinajstić information content (AvgIpc) is 3.41. The van der Waals surface area contributed by atoms with Gasteiger partial charge in [-0.25, -0.2) is 13.6 Å². The first kappa shape index (κ1) is 29.0. The quantitative estimate of drug-likeness (QED) is 0.234. The standard InChI is InChI=1S/C27H35BF2N4O5/c1-26(2,33-11-10-27(29,30)17-33)13-20(14-31)24(35)34-15-19-12-21(19)22(34)16-39-25(36)32-23(28(37)38)9-8-18-6-4-3-5-7-18/h3-7,13,19,21-23,37-38H,8-12,15-17H2,1-2H3,(H,32,36)/b20-13+/t19-,21-,22-,23-/m0/s1. The molecule has 0 unspecified atom stereocenters. The van der Waals surface area contributed by atoms with E-state index in [-0.39, 0.29) is 43.4 Å². The van der Waals surface area contributed by atoms with Crippen LogP contribution in [0.4, 0.5) is 13.6 Å². The van der Waals surface area contributed by atoms with Gasteiger partial charge in [-0.15, -0.1) is 0 Å². The number of nitriles is 1. The molecule has 0 aromatic heterocycles. The van der Waals surface area contributed by atoms with Gasteiger partial charge in [-0.05, 0) is 56.6 Å². The summed E-state index contributed by atoms with van der Waals surface area (Å²) >= 11 is 0. The molecule has 4 atom stereocenters. The zero-order valence-electron chi connectivity index (χ0n) is 22.2. The minimum atomic E-state index is -2.80. The Morgan fingerprint density at radius 2 is 2.05 bits per heavy atom. The molecule has 12 heteroatoms. The molecule has 2 saturated heterocycles. The third-order valence-electron chi connectivity index (χ3n) is 8.03. The van der Waals surface area contributed by atoms with Crippen molar-refractivity contribution in [3.05, 3.63) is 47.5 Å². The molecular weight excluding hydrogens is 509 g/mol. The van der Waals surface area contributed by atoms with Crippen molar-refractivity contribution in [2.75, 3.05) is 26.2 Å². The van der Waals surface area contributed by atoms with Gasteiger partial charge in [0.1, 0.15) is 18.2 Å². The Balaban J connectivity index is 1.35. The van der Waals surface area contributed by atoms with Crippen molar-refractivity contribution in [3.63, 3.8) is 0 Å². The van der Waals surface area contributed by atoms with Crippen molar-refractivity contribution < 1.29 is 33.2 Å². The summed E-state index contributed by atoms with van der Waals surface area (Å²) in [7, 11) is -1.78. The number of hydrogen-bond acceptors (Lipinski definition) is 7. The molecule has 2 amide bonds. The van der Waals surface area contributed by atoms with Crippen molar-refractivity contribution in [1.82, 2.24) is 15.1 Å². The molecule has 1 saturated carbocycles. The third kappa shape index (κ3) is 7.15. The molecule has 39 heavy (non-hydrogen) atoms. The van der Waals surface area contributed by atoms with Crippen LogP contribution in [-0.2, 0) is 16.0 Å². The molecule has 1 aliphatic carbocycles.